The number of nitrogens with one attached hydrogen (secondary N) is 1. The molecule has 2 rings (SSSR count). The van der Waals surface area contributed by atoms with Gasteiger partial charge in [0.2, 0.25) is 0 Å². The van der Waals surface area contributed by atoms with Gasteiger partial charge in [-0.05, 0) is 56.6 Å². The normalized spacial score (nSPS) is 10.9. The van der Waals surface area contributed by atoms with Crippen LogP contribution in [0.1, 0.15) is 36.0 Å². The second-order valence-electron chi connectivity index (χ2n) is 5.17. The Morgan fingerprint density at radius 3 is 2.76 bits per heavy atom. The molecule has 114 valence electrons. The standard InChI is InChI=1S/C17H22BrNO2/c1-4-7-19-10-16-9-14(13(3)21-16)11-20-17-6-5-15(18)8-12(17)2/h5-6,8-9,19H,4,7,10-11H2,1-3H3. The molecule has 0 spiro atoms. The molecule has 0 aliphatic carbocycles. The summed E-state index contributed by atoms with van der Waals surface area (Å²) in [6.45, 7) is 8.49. The Labute approximate surface area is 134 Å². The first-order valence-corrected chi connectivity index (χ1v) is 8.07. The monoisotopic (exact) mass is 351 g/mol. The first kappa shape index (κ1) is 16.1. The lowest BCUT2D eigenvalue weighted by atomic mass is 10.2. The highest BCUT2D eigenvalue weighted by molar-refractivity contribution is 9.10. The highest BCUT2D eigenvalue weighted by Gasteiger charge is 2.09. The van der Waals surface area contributed by atoms with E-state index in [1.165, 1.54) is 0 Å². The van der Waals surface area contributed by atoms with Crippen LogP contribution in [0.3, 0.4) is 0 Å². The SMILES string of the molecule is CCCNCc1cc(COc2ccc(Br)cc2C)c(C)o1. The summed E-state index contributed by atoms with van der Waals surface area (Å²) in [5.74, 6) is 2.80. The van der Waals surface area contributed by atoms with Gasteiger partial charge >= 0.3 is 0 Å². The zero-order valence-electron chi connectivity index (χ0n) is 12.8. The predicted molar refractivity (Wildman–Crippen MR) is 88.7 cm³/mol. The Hall–Kier alpha value is -1.26. The molecule has 0 fully saturated rings. The summed E-state index contributed by atoms with van der Waals surface area (Å²) in [5.41, 5.74) is 2.22. The first-order valence-electron chi connectivity index (χ1n) is 7.28. The van der Waals surface area contributed by atoms with Gasteiger partial charge in [-0.1, -0.05) is 22.9 Å². The van der Waals surface area contributed by atoms with E-state index in [1.54, 1.807) is 0 Å². The fourth-order valence-electron chi connectivity index (χ4n) is 2.14. The highest BCUT2D eigenvalue weighted by Crippen LogP contribution is 2.24. The molecule has 4 heteroatoms. The van der Waals surface area contributed by atoms with E-state index in [1.807, 2.05) is 26.0 Å². The Morgan fingerprint density at radius 1 is 1.24 bits per heavy atom. The maximum atomic E-state index is 5.90. The maximum absolute atomic E-state index is 5.90. The Morgan fingerprint density at radius 2 is 2.05 bits per heavy atom. The summed E-state index contributed by atoms with van der Waals surface area (Å²) >= 11 is 3.46. The van der Waals surface area contributed by atoms with Crippen LogP contribution in [0.5, 0.6) is 5.75 Å². The first-order chi connectivity index (χ1) is 10.1. The number of benzene rings is 1. The van der Waals surface area contributed by atoms with Crippen molar-refractivity contribution < 1.29 is 9.15 Å². The van der Waals surface area contributed by atoms with Gasteiger partial charge in [-0.15, -0.1) is 0 Å². The number of furan rings is 1. The van der Waals surface area contributed by atoms with Gasteiger partial charge in [0.25, 0.3) is 0 Å². The minimum Gasteiger partial charge on any atom is -0.489 e. The van der Waals surface area contributed by atoms with Crippen molar-refractivity contribution in [2.24, 2.45) is 0 Å². The van der Waals surface area contributed by atoms with Crippen molar-refractivity contribution in [3.8, 4) is 5.75 Å². The largest absolute Gasteiger partial charge is 0.489 e. The molecule has 0 unspecified atom stereocenters. The number of ether oxygens (including phenoxy) is 1. The summed E-state index contributed by atoms with van der Waals surface area (Å²) in [5, 5.41) is 3.34. The van der Waals surface area contributed by atoms with Crippen LogP contribution in [0, 0.1) is 13.8 Å². The van der Waals surface area contributed by atoms with Crippen LogP contribution >= 0.6 is 15.9 Å². The van der Waals surface area contributed by atoms with Crippen molar-refractivity contribution in [2.45, 2.75) is 40.3 Å². The summed E-state index contributed by atoms with van der Waals surface area (Å²) in [4.78, 5) is 0. The summed E-state index contributed by atoms with van der Waals surface area (Å²) in [6.07, 6.45) is 1.12. The molecule has 0 atom stereocenters. The summed E-state index contributed by atoms with van der Waals surface area (Å²) < 4.78 is 12.7. The molecule has 0 aliphatic rings. The van der Waals surface area contributed by atoms with Crippen molar-refractivity contribution in [1.82, 2.24) is 5.32 Å². The third-order valence-electron chi connectivity index (χ3n) is 3.32. The number of hydrogen-bond acceptors (Lipinski definition) is 3. The van der Waals surface area contributed by atoms with E-state index in [0.717, 1.165) is 52.4 Å². The molecule has 0 radical (unpaired) electrons. The van der Waals surface area contributed by atoms with Crippen molar-refractivity contribution in [3.63, 3.8) is 0 Å². The van der Waals surface area contributed by atoms with Gasteiger partial charge in [-0.3, -0.25) is 0 Å². The molecule has 0 aliphatic heterocycles. The smallest absolute Gasteiger partial charge is 0.122 e. The minimum absolute atomic E-state index is 0.533. The molecule has 3 nitrogen and oxygen atoms in total. The average molecular weight is 352 g/mol. The van der Waals surface area contributed by atoms with Crippen LogP contribution in [0.15, 0.2) is 33.2 Å². The number of hydrogen-bond donors (Lipinski definition) is 1. The average Bonchev–Trinajstić information content (AvgIpc) is 2.79. The quantitative estimate of drug-likeness (QED) is 0.731. The van der Waals surface area contributed by atoms with Crippen molar-refractivity contribution in [2.75, 3.05) is 6.54 Å². The van der Waals surface area contributed by atoms with E-state index in [9.17, 15) is 0 Å². The Bertz CT molecular complexity index is 592. The molecule has 1 heterocycles. The second kappa shape index (κ2) is 7.66. The summed E-state index contributed by atoms with van der Waals surface area (Å²) in [7, 11) is 0. The highest BCUT2D eigenvalue weighted by atomic mass is 79.9. The van der Waals surface area contributed by atoms with Crippen LogP contribution in [0.25, 0.3) is 0 Å². The van der Waals surface area contributed by atoms with E-state index < -0.39 is 0 Å². The fourth-order valence-corrected chi connectivity index (χ4v) is 2.61. The zero-order chi connectivity index (χ0) is 15.2. The van der Waals surface area contributed by atoms with Crippen LogP contribution in [0.2, 0.25) is 0 Å². The van der Waals surface area contributed by atoms with E-state index in [0.29, 0.717) is 6.61 Å². The Balaban J connectivity index is 1.96. The third kappa shape index (κ3) is 4.61. The fraction of sp³-hybridized carbons (Fsp3) is 0.412. The van der Waals surface area contributed by atoms with Crippen molar-refractivity contribution >= 4 is 15.9 Å². The molecule has 0 amide bonds. The van der Waals surface area contributed by atoms with Gasteiger partial charge in [-0.2, -0.15) is 0 Å². The molecule has 1 aromatic carbocycles. The van der Waals surface area contributed by atoms with E-state index in [-0.39, 0.29) is 0 Å². The molecule has 1 aromatic heterocycles. The number of rotatable bonds is 7. The lowest BCUT2D eigenvalue weighted by Crippen LogP contribution is -2.13. The van der Waals surface area contributed by atoms with E-state index in [4.69, 9.17) is 9.15 Å². The maximum Gasteiger partial charge on any atom is 0.122 e. The van der Waals surface area contributed by atoms with Crippen LogP contribution < -0.4 is 10.1 Å². The predicted octanol–water partition coefficient (Wildman–Crippen LogP) is 4.74. The van der Waals surface area contributed by atoms with Gasteiger partial charge in [0.05, 0.1) is 6.54 Å². The lowest BCUT2D eigenvalue weighted by molar-refractivity contribution is 0.301. The van der Waals surface area contributed by atoms with Crippen LogP contribution in [-0.2, 0) is 13.2 Å². The van der Waals surface area contributed by atoms with E-state index in [2.05, 4.69) is 40.3 Å². The van der Waals surface area contributed by atoms with Crippen LogP contribution in [0.4, 0.5) is 0 Å². The molecule has 0 saturated carbocycles. The minimum atomic E-state index is 0.533. The Kier molecular flexibility index (Phi) is 5.88. The van der Waals surface area contributed by atoms with Crippen molar-refractivity contribution in [3.05, 3.63) is 51.4 Å². The van der Waals surface area contributed by atoms with Crippen molar-refractivity contribution in [1.29, 1.82) is 0 Å². The molecule has 2 aromatic rings. The topological polar surface area (TPSA) is 34.4 Å². The molecule has 0 saturated heterocycles. The van der Waals surface area contributed by atoms with E-state index >= 15 is 0 Å². The molecule has 21 heavy (non-hydrogen) atoms. The van der Waals surface area contributed by atoms with Gasteiger partial charge < -0.3 is 14.5 Å². The van der Waals surface area contributed by atoms with Gasteiger partial charge in [0, 0.05) is 10.0 Å². The van der Waals surface area contributed by atoms with Gasteiger partial charge in [0.1, 0.15) is 23.9 Å². The molecular weight excluding hydrogens is 330 g/mol. The second-order valence-corrected chi connectivity index (χ2v) is 6.09. The molecule has 0 bridgehead atoms. The van der Waals surface area contributed by atoms with Gasteiger partial charge in [-0.25, -0.2) is 0 Å². The number of aryl methyl sites for hydroxylation is 2. The third-order valence-corrected chi connectivity index (χ3v) is 3.81. The lowest BCUT2D eigenvalue weighted by Gasteiger charge is -2.08. The zero-order valence-corrected chi connectivity index (χ0v) is 14.4. The molecule has 1 N–H and O–H groups in total. The van der Waals surface area contributed by atoms with Gasteiger partial charge in [0.15, 0.2) is 0 Å². The van der Waals surface area contributed by atoms with Crippen LogP contribution in [-0.4, -0.2) is 6.54 Å². The number of halogens is 1. The summed E-state index contributed by atoms with van der Waals surface area (Å²) in [6, 6.07) is 8.10. The molecular formula is C17H22BrNO2.